The van der Waals surface area contributed by atoms with Crippen molar-refractivity contribution in [1.82, 2.24) is 10.3 Å². The highest BCUT2D eigenvalue weighted by atomic mass is 35.5. The van der Waals surface area contributed by atoms with Crippen LogP contribution in [0.15, 0.2) is 5.38 Å². The number of nitrogens with one attached hydrogen (secondary N) is 1. The fourth-order valence-corrected chi connectivity index (χ4v) is 2.78. The normalized spacial score (nSPS) is 13.6. The molecule has 2 heterocycles. The molecule has 1 aliphatic rings. The fourth-order valence-electron chi connectivity index (χ4n) is 1.87. The monoisotopic (exact) mass is 326 g/mol. The van der Waals surface area contributed by atoms with E-state index in [1.54, 1.807) is 11.3 Å². The highest BCUT2D eigenvalue weighted by molar-refractivity contribution is 7.13. The van der Waals surface area contributed by atoms with Crippen LogP contribution in [0.4, 0.5) is 5.13 Å². The lowest BCUT2D eigenvalue weighted by Gasteiger charge is -2.12. The summed E-state index contributed by atoms with van der Waals surface area (Å²) in [4.78, 5) is 17.9. The van der Waals surface area contributed by atoms with Crippen LogP contribution in [-0.4, -0.2) is 37.1 Å². The van der Waals surface area contributed by atoms with Crippen molar-refractivity contribution in [3.8, 4) is 0 Å². The van der Waals surface area contributed by atoms with Crippen LogP contribution in [0.1, 0.15) is 18.5 Å². The molecule has 0 atom stereocenters. The van der Waals surface area contributed by atoms with Crippen LogP contribution in [0.3, 0.4) is 0 Å². The first-order valence-electron chi connectivity index (χ1n) is 5.95. The lowest BCUT2D eigenvalue weighted by Crippen LogP contribution is -2.31. The molecule has 1 amide bonds. The topological polar surface area (TPSA) is 71.2 Å². The number of nitrogens with zero attached hydrogens (tertiary/aromatic N) is 2. The molecule has 1 aromatic rings. The molecule has 0 radical (unpaired) electrons. The van der Waals surface area contributed by atoms with Gasteiger partial charge in [-0.05, 0) is 12.8 Å². The van der Waals surface area contributed by atoms with Gasteiger partial charge in [0, 0.05) is 31.4 Å². The molecule has 2 rings (SSSR count). The first-order valence-corrected chi connectivity index (χ1v) is 6.83. The minimum Gasteiger partial charge on any atom is -0.355 e. The van der Waals surface area contributed by atoms with Crippen molar-refractivity contribution in [3.05, 3.63) is 11.1 Å². The van der Waals surface area contributed by atoms with Gasteiger partial charge in [-0.15, -0.1) is 36.2 Å². The van der Waals surface area contributed by atoms with Gasteiger partial charge < -0.3 is 16.0 Å². The van der Waals surface area contributed by atoms with Gasteiger partial charge in [0.1, 0.15) is 0 Å². The van der Waals surface area contributed by atoms with Crippen molar-refractivity contribution in [1.29, 1.82) is 0 Å². The summed E-state index contributed by atoms with van der Waals surface area (Å²) in [5, 5.41) is 5.93. The molecule has 3 N–H and O–H groups in total. The molecule has 0 saturated carbocycles. The summed E-state index contributed by atoms with van der Waals surface area (Å²) in [6.45, 7) is 2.91. The molecule has 0 bridgehead atoms. The van der Waals surface area contributed by atoms with E-state index in [0.717, 1.165) is 30.3 Å². The third-order valence-electron chi connectivity index (χ3n) is 2.80. The zero-order valence-corrected chi connectivity index (χ0v) is 13.1. The number of halogens is 2. The van der Waals surface area contributed by atoms with Gasteiger partial charge in [-0.1, -0.05) is 0 Å². The number of anilines is 1. The molecule has 8 heteroatoms. The van der Waals surface area contributed by atoms with Crippen LogP contribution >= 0.6 is 36.2 Å². The van der Waals surface area contributed by atoms with Gasteiger partial charge in [0.15, 0.2) is 5.13 Å². The Balaban J connectivity index is 0.00000162. The average Bonchev–Trinajstić information content (AvgIpc) is 2.98. The third-order valence-corrected chi connectivity index (χ3v) is 3.76. The Labute approximate surface area is 129 Å². The predicted molar refractivity (Wildman–Crippen MR) is 83.8 cm³/mol. The molecule has 0 spiro atoms. The van der Waals surface area contributed by atoms with E-state index in [9.17, 15) is 4.79 Å². The maximum absolute atomic E-state index is 11.0. The minimum absolute atomic E-state index is 0. The van der Waals surface area contributed by atoms with Gasteiger partial charge in [0.05, 0.1) is 12.2 Å². The molecule has 1 fully saturated rings. The number of nitrogens with two attached hydrogens (primary N) is 1. The van der Waals surface area contributed by atoms with Crippen LogP contribution in [0, 0.1) is 0 Å². The number of amides is 1. The number of hydrogen-bond acceptors (Lipinski definition) is 5. The number of carbonyl (C=O) groups excluding carboxylic acids is 1. The van der Waals surface area contributed by atoms with E-state index in [0.29, 0.717) is 6.54 Å². The van der Waals surface area contributed by atoms with Crippen molar-refractivity contribution in [2.45, 2.75) is 19.3 Å². The van der Waals surface area contributed by atoms with Crippen molar-refractivity contribution in [2.75, 3.05) is 31.1 Å². The maximum Gasteiger partial charge on any atom is 0.233 e. The summed E-state index contributed by atoms with van der Waals surface area (Å²) < 4.78 is 0. The van der Waals surface area contributed by atoms with Crippen molar-refractivity contribution >= 4 is 47.2 Å². The summed E-state index contributed by atoms with van der Waals surface area (Å²) in [6.07, 6.45) is 3.30. The van der Waals surface area contributed by atoms with Gasteiger partial charge in [-0.2, -0.15) is 0 Å². The molecule has 110 valence electrons. The zero-order valence-electron chi connectivity index (χ0n) is 10.6. The Morgan fingerprint density at radius 1 is 1.42 bits per heavy atom. The van der Waals surface area contributed by atoms with Crippen LogP contribution in [0.2, 0.25) is 0 Å². The Bertz CT molecular complexity index is 383. The Morgan fingerprint density at radius 2 is 2.11 bits per heavy atom. The first-order chi connectivity index (χ1) is 8.29. The molecule has 5 nitrogen and oxygen atoms in total. The molecular weight excluding hydrogens is 307 g/mol. The second-order valence-corrected chi connectivity index (χ2v) is 4.96. The van der Waals surface area contributed by atoms with Gasteiger partial charge in [-0.25, -0.2) is 4.98 Å². The van der Waals surface area contributed by atoms with Gasteiger partial charge in [0.25, 0.3) is 0 Å². The van der Waals surface area contributed by atoms with Crippen molar-refractivity contribution < 1.29 is 4.79 Å². The first kappa shape index (κ1) is 18.4. The molecule has 1 aliphatic heterocycles. The Kier molecular flexibility index (Phi) is 9.08. The second kappa shape index (κ2) is 9.36. The molecule has 0 aliphatic carbocycles. The van der Waals surface area contributed by atoms with E-state index in [-0.39, 0.29) is 37.3 Å². The predicted octanol–water partition coefficient (Wildman–Crippen LogP) is 1.20. The van der Waals surface area contributed by atoms with E-state index in [1.807, 2.05) is 0 Å². The summed E-state index contributed by atoms with van der Waals surface area (Å²) in [5.41, 5.74) is 6.26. The molecule has 1 saturated heterocycles. The van der Waals surface area contributed by atoms with E-state index in [4.69, 9.17) is 5.73 Å². The molecule has 0 aromatic carbocycles. The van der Waals surface area contributed by atoms with Crippen LogP contribution < -0.4 is 16.0 Å². The third kappa shape index (κ3) is 5.52. The lowest BCUT2D eigenvalue weighted by atomic mass is 10.3. The van der Waals surface area contributed by atoms with Crippen LogP contribution in [0.5, 0.6) is 0 Å². The second-order valence-electron chi connectivity index (χ2n) is 4.12. The standard InChI is InChI=1S/C11H18N4OS.2ClH/c12-7-10(16)13-4-3-9-8-17-11(14-9)15-5-1-2-6-15;;/h8H,1-7,12H2,(H,13,16);2*1H. The Hall–Kier alpha value is -0.560. The highest BCUT2D eigenvalue weighted by Gasteiger charge is 2.15. The average molecular weight is 327 g/mol. The minimum atomic E-state index is -0.111. The van der Waals surface area contributed by atoms with Gasteiger partial charge >= 0.3 is 0 Å². The maximum atomic E-state index is 11.0. The quantitative estimate of drug-likeness (QED) is 0.853. The highest BCUT2D eigenvalue weighted by Crippen LogP contribution is 2.24. The summed E-state index contributed by atoms with van der Waals surface area (Å²) >= 11 is 1.69. The number of rotatable bonds is 5. The number of hydrogen-bond donors (Lipinski definition) is 2. The number of carbonyl (C=O) groups is 1. The summed E-state index contributed by atoms with van der Waals surface area (Å²) in [6, 6.07) is 0. The van der Waals surface area contributed by atoms with Gasteiger partial charge in [-0.3, -0.25) is 4.79 Å². The van der Waals surface area contributed by atoms with E-state index in [2.05, 4.69) is 20.6 Å². The van der Waals surface area contributed by atoms with Crippen LogP contribution in [0.25, 0.3) is 0 Å². The number of thiazole rings is 1. The SMILES string of the molecule is Cl.Cl.NCC(=O)NCCc1csc(N2CCCC2)n1. The van der Waals surface area contributed by atoms with Crippen LogP contribution in [-0.2, 0) is 11.2 Å². The zero-order chi connectivity index (χ0) is 12.1. The van der Waals surface area contributed by atoms with E-state index < -0.39 is 0 Å². The van der Waals surface area contributed by atoms with Gasteiger partial charge in [0.2, 0.25) is 5.91 Å². The molecular formula is C11H20Cl2N4OS. The summed E-state index contributed by atoms with van der Waals surface area (Å²) in [5.74, 6) is -0.111. The molecule has 19 heavy (non-hydrogen) atoms. The smallest absolute Gasteiger partial charge is 0.233 e. The lowest BCUT2D eigenvalue weighted by molar-refractivity contribution is -0.119. The Morgan fingerprint density at radius 3 is 2.74 bits per heavy atom. The van der Waals surface area contributed by atoms with E-state index >= 15 is 0 Å². The largest absolute Gasteiger partial charge is 0.355 e. The number of aromatic nitrogens is 1. The van der Waals surface area contributed by atoms with Crippen molar-refractivity contribution in [2.24, 2.45) is 5.73 Å². The molecule has 1 aromatic heterocycles. The molecule has 0 unspecified atom stereocenters. The van der Waals surface area contributed by atoms with Crippen molar-refractivity contribution in [3.63, 3.8) is 0 Å². The van der Waals surface area contributed by atoms with E-state index in [1.165, 1.54) is 12.8 Å². The summed E-state index contributed by atoms with van der Waals surface area (Å²) in [7, 11) is 0. The fraction of sp³-hybridized carbons (Fsp3) is 0.636.